The van der Waals surface area contributed by atoms with Crippen LogP contribution in [0.4, 0.5) is 5.69 Å². The van der Waals surface area contributed by atoms with Crippen molar-refractivity contribution in [3.05, 3.63) is 63.1 Å². The first-order chi connectivity index (χ1) is 14.6. The van der Waals surface area contributed by atoms with Crippen molar-refractivity contribution in [2.75, 3.05) is 31.1 Å². The first kappa shape index (κ1) is 23.7. The maximum absolute atomic E-state index is 13.4. The van der Waals surface area contributed by atoms with Gasteiger partial charge in [-0.15, -0.1) is 0 Å². The summed E-state index contributed by atoms with van der Waals surface area (Å²) in [4.78, 5) is 30.1. The van der Waals surface area contributed by atoms with Crippen LogP contribution < -0.4 is 10.2 Å². The largest absolute Gasteiger partial charge is 0.368 e. The first-order valence-electron chi connectivity index (χ1n) is 10.1. The van der Waals surface area contributed by atoms with Crippen LogP contribution >= 0.6 is 34.8 Å². The maximum Gasteiger partial charge on any atom is 0.253 e. The summed E-state index contributed by atoms with van der Waals surface area (Å²) in [5.41, 5.74) is 0.867. The number of anilines is 1. The third kappa shape index (κ3) is 5.65. The highest BCUT2D eigenvalue weighted by molar-refractivity contribution is 6.42. The summed E-state index contributed by atoms with van der Waals surface area (Å²) < 4.78 is 0. The van der Waals surface area contributed by atoms with Crippen molar-refractivity contribution < 1.29 is 9.59 Å². The molecular formula is C23H26Cl3N3O2. The number of carbonyl (C=O) groups is 2. The zero-order valence-electron chi connectivity index (χ0n) is 17.8. The first-order valence-corrected chi connectivity index (χ1v) is 11.3. The van der Waals surface area contributed by atoms with Crippen LogP contribution in [0.2, 0.25) is 15.1 Å². The molecule has 1 heterocycles. The molecule has 0 bridgehead atoms. The van der Waals surface area contributed by atoms with Gasteiger partial charge in [0, 0.05) is 31.9 Å². The summed E-state index contributed by atoms with van der Waals surface area (Å²) in [6, 6.07) is 11.7. The van der Waals surface area contributed by atoms with Gasteiger partial charge in [0.1, 0.15) is 6.04 Å². The van der Waals surface area contributed by atoms with E-state index in [1.807, 2.05) is 32.9 Å². The molecular weight excluding hydrogens is 457 g/mol. The van der Waals surface area contributed by atoms with Crippen molar-refractivity contribution in [3.8, 4) is 0 Å². The summed E-state index contributed by atoms with van der Waals surface area (Å²) in [7, 11) is 0. The molecule has 0 radical (unpaired) electrons. The molecule has 1 aliphatic rings. The Morgan fingerprint density at radius 2 is 1.55 bits per heavy atom. The van der Waals surface area contributed by atoms with Crippen LogP contribution in [0.1, 0.15) is 31.1 Å². The fourth-order valence-electron chi connectivity index (χ4n) is 3.55. The van der Waals surface area contributed by atoms with Crippen molar-refractivity contribution in [1.82, 2.24) is 10.2 Å². The lowest BCUT2D eigenvalue weighted by atomic mass is 9.85. The number of amides is 2. The van der Waals surface area contributed by atoms with Crippen LogP contribution in [0.25, 0.3) is 0 Å². The predicted molar refractivity (Wildman–Crippen MR) is 127 cm³/mol. The second-order valence-corrected chi connectivity index (χ2v) is 9.88. The third-order valence-electron chi connectivity index (χ3n) is 5.37. The quantitative estimate of drug-likeness (QED) is 0.656. The lowest BCUT2D eigenvalue weighted by molar-refractivity contribution is -0.136. The number of nitrogens with one attached hydrogen (secondary N) is 1. The van der Waals surface area contributed by atoms with E-state index in [4.69, 9.17) is 34.8 Å². The highest BCUT2D eigenvalue weighted by atomic mass is 35.5. The van der Waals surface area contributed by atoms with Crippen LogP contribution in [0.15, 0.2) is 42.5 Å². The second-order valence-electron chi connectivity index (χ2n) is 8.66. The van der Waals surface area contributed by atoms with E-state index >= 15 is 0 Å². The Labute approximate surface area is 198 Å². The van der Waals surface area contributed by atoms with E-state index in [-0.39, 0.29) is 11.8 Å². The molecule has 5 nitrogen and oxygen atoms in total. The minimum absolute atomic E-state index is 0.0957. The molecule has 2 aromatic rings. The summed E-state index contributed by atoms with van der Waals surface area (Å²) in [5, 5.41) is 4.29. The van der Waals surface area contributed by atoms with Gasteiger partial charge in [-0.25, -0.2) is 0 Å². The number of hydrogen-bond acceptors (Lipinski definition) is 3. The minimum Gasteiger partial charge on any atom is -0.368 e. The molecule has 0 aromatic heterocycles. The zero-order valence-corrected chi connectivity index (χ0v) is 20.1. The highest BCUT2D eigenvalue weighted by Crippen LogP contribution is 2.28. The van der Waals surface area contributed by atoms with Gasteiger partial charge in [0.2, 0.25) is 5.91 Å². The van der Waals surface area contributed by atoms with E-state index < -0.39 is 11.5 Å². The van der Waals surface area contributed by atoms with E-state index in [9.17, 15) is 9.59 Å². The molecule has 0 saturated carbocycles. The summed E-state index contributed by atoms with van der Waals surface area (Å²) in [5.74, 6) is -0.449. The molecule has 2 aromatic carbocycles. The van der Waals surface area contributed by atoms with E-state index in [0.717, 1.165) is 5.69 Å². The van der Waals surface area contributed by atoms with E-state index in [1.54, 1.807) is 35.2 Å². The molecule has 166 valence electrons. The summed E-state index contributed by atoms with van der Waals surface area (Å²) >= 11 is 18.3. The molecule has 8 heteroatoms. The number of benzene rings is 2. The van der Waals surface area contributed by atoms with Crippen molar-refractivity contribution in [2.24, 2.45) is 5.41 Å². The molecule has 1 saturated heterocycles. The molecule has 0 aliphatic carbocycles. The van der Waals surface area contributed by atoms with Gasteiger partial charge in [0.05, 0.1) is 20.6 Å². The standard InChI is InChI=1S/C23H26Cl3N3O2/c1-23(2,3)20(27-21(30)16-6-4-5-7-17(16)24)22(31)29-12-10-28(11-13-29)15-8-9-18(25)19(26)14-15/h4-9,14,20H,10-13H2,1-3H3,(H,27,30)/t20-/m0/s1. The van der Waals surface area contributed by atoms with Gasteiger partial charge in [-0.3, -0.25) is 9.59 Å². The Bertz CT molecular complexity index is 967. The van der Waals surface area contributed by atoms with Gasteiger partial charge in [0.15, 0.2) is 0 Å². The molecule has 0 spiro atoms. The average Bonchev–Trinajstić information content (AvgIpc) is 2.73. The number of hydrogen-bond donors (Lipinski definition) is 1. The Balaban J connectivity index is 1.69. The van der Waals surface area contributed by atoms with E-state index in [0.29, 0.717) is 46.8 Å². The number of nitrogens with zero attached hydrogens (tertiary/aromatic N) is 2. The Kier molecular flexibility index (Phi) is 7.40. The number of piperazine rings is 1. The Morgan fingerprint density at radius 1 is 0.903 bits per heavy atom. The molecule has 2 amide bonds. The van der Waals surface area contributed by atoms with Crippen LogP contribution in [-0.4, -0.2) is 48.9 Å². The van der Waals surface area contributed by atoms with Crippen LogP contribution in [0.5, 0.6) is 0 Å². The molecule has 0 unspecified atom stereocenters. The Hall–Kier alpha value is -1.95. The zero-order chi connectivity index (χ0) is 22.8. The van der Waals surface area contributed by atoms with Crippen LogP contribution in [0, 0.1) is 5.41 Å². The van der Waals surface area contributed by atoms with Gasteiger partial charge >= 0.3 is 0 Å². The lowest BCUT2D eigenvalue weighted by Crippen LogP contribution is -2.58. The van der Waals surface area contributed by atoms with Crippen molar-refractivity contribution in [1.29, 1.82) is 0 Å². The summed E-state index contributed by atoms with van der Waals surface area (Å²) in [6.45, 7) is 8.25. The van der Waals surface area contributed by atoms with E-state index in [1.165, 1.54) is 0 Å². The topological polar surface area (TPSA) is 52.7 Å². The van der Waals surface area contributed by atoms with Gasteiger partial charge < -0.3 is 15.1 Å². The number of carbonyl (C=O) groups excluding carboxylic acids is 2. The molecule has 31 heavy (non-hydrogen) atoms. The average molecular weight is 483 g/mol. The SMILES string of the molecule is CC(C)(C)[C@@H](NC(=O)c1ccccc1Cl)C(=O)N1CCN(c2ccc(Cl)c(Cl)c2)CC1. The monoisotopic (exact) mass is 481 g/mol. The molecule has 1 atom stereocenters. The molecule has 1 N–H and O–H groups in total. The van der Waals surface area contributed by atoms with Crippen LogP contribution in [0.3, 0.4) is 0 Å². The maximum atomic E-state index is 13.4. The van der Waals surface area contributed by atoms with Gasteiger partial charge in [-0.1, -0.05) is 67.7 Å². The van der Waals surface area contributed by atoms with Gasteiger partial charge in [-0.2, -0.15) is 0 Å². The molecule has 1 aliphatic heterocycles. The Morgan fingerprint density at radius 3 is 2.13 bits per heavy atom. The lowest BCUT2D eigenvalue weighted by Gasteiger charge is -2.40. The van der Waals surface area contributed by atoms with Crippen molar-refractivity contribution >= 4 is 52.3 Å². The number of rotatable bonds is 4. The van der Waals surface area contributed by atoms with Crippen molar-refractivity contribution in [3.63, 3.8) is 0 Å². The highest BCUT2D eigenvalue weighted by Gasteiger charge is 2.37. The van der Waals surface area contributed by atoms with Crippen molar-refractivity contribution in [2.45, 2.75) is 26.8 Å². The third-order valence-corrected chi connectivity index (χ3v) is 6.44. The fourth-order valence-corrected chi connectivity index (χ4v) is 4.07. The second kappa shape index (κ2) is 9.68. The van der Waals surface area contributed by atoms with Gasteiger partial charge in [0.25, 0.3) is 5.91 Å². The van der Waals surface area contributed by atoms with Gasteiger partial charge in [-0.05, 0) is 35.7 Å². The fraction of sp³-hybridized carbons (Fsp3) is 0.391. The van der Waals surface area contributed by atoms with Crippen LogP contribution in [-0.2, 0) is 4.79 Å². The number of halogens is 3. The predicted octanol–water partition coefficient (Wildman–Crippen LogP) is 5.14. The normalized spacial score (nSPS) is 15.5. The molecule has 1 fully saturated rings. The van der Waals surface area contributed by atoms with E-state index in [2.05, 4.69) is 10.2 Å². The smallest absolute Gasteiger partial charge is 0.253 e. The summed E-state index contributed by atoms with van der Waals surface area (Å²) in [6.07, 6.45) is 0. The molecule has 3 rings (SSSR count). The minimum atomic E-state index is -0.673.